The van der Waals surface area contributed by atoms with Crippen molar-refractivity contribution in [2.45, 2.75) is 68.9 Å². The highest BCUT2D eigenvalue weighted by Gasteiger charge is 2.36. The molecule has 2 aromatic rings. The maximum absolute atomic E-state index is 9.32. The van der Waals surface area contributed by atoms with E-state index < -0.39 is 0 Å². The predicted octanol–water partition coefficient (Wildman–Crippen LogP) is 5.17. The Morgan fingerprint density at radius 1 is 1.27 bits per heavy atom. The van der Waals surface area contributed by atoms with Crippen molar-refractivity contribution in [2.24, 2.45) is 0 Å². The smallest absolute Gasteiger partial charge is 0.125 e. The van der Waals surface area contributed by atoms with Gasteiger partial charge in [0.1, 0.15) is 11.4 Å². The van der Waals surface area contributed by atoms with E-state index in [4.69, 9.17) is 16.3 Å². The van der Waals surface area contributed by atoms with Gasteiger partial charge in [-0.3, -0.25) is 0 Å². The van der Waals surface area contributed by atoms with Crippen molar-refractivity contribution in [3.8, 4) is 11.8 Å². The van der Waals surface area contributed by atoms with E-state index in [1.54, 1.807) is 0 Å². The molecule has 0 amide bonds. The van der Waals surface area contributed by atoms with Gasteiger partial charge in [0.05, 0.1) is 24.0 Å². The number of alkyl halides is 1. The maximum atomic E-state index is 9.32. The van der Waals surface area contributed by atoms with E-state index in [9.17, 15) is 5.26 Å². The molecule has 1 saturated carbocycles. The lowest BCUT2D eigenvalue weighted by atomic mass is 9.85. The molecule has 1 aromatic carbocycles. The van der Waals surface area contributed by atoms with Gasteiger partial charge in [0.2, 0.25) is 0 Å². The second-order valence-corrected chi connectivity index (χ2v) is 8.74. The van der Waals surface area contributed by atoms with E-state index in [0.29, 0.717) is 16.9 Å². The number of nitriles is 1. The summed E-state index contributed by atoms with van der Waals surface area (Å²) in [5, 5.41) is 9.63. The Morgan fingerprint density at radius 2 is 2.04 bits per heavy atom. The molecule has 0 N–H and O–H groups in total. The number of aromatic nitrogens is 2. The minimum Gasteiger partial charge on any atom is -0.487 e. The van der Waals surface area contributed by atoms with E-state index in [0.717, 1.165) is 43.4 Å². The summed E-state index contributed by atoms with van der Waals surface area (Å²) in [6, 6.07) is 8.11. The molecular weight excluding hydrogens is 346 g/mol. The van der Waals surface area contributed by atoms with E-state index >= 15 is 0 Å². The van der Waals surface area contributed by atoms with Gasteiger partial charge in [0.25, 0.3) is 0 Å². The minimum atomic E-state index is -0.263. The Kier molecular flexibility index (Phi) is 4.44. The van der Waals surface area contributed by atoms with Crippen LogP contribution in [-0.4, -0.2) is 20.5 Å². The number of halogens is 1. The number of rotatable bonds is 2. The third-order valence-electron chi connectivity index (χ3n) is 5.68. The average molecular weight is 370 g/mol. The molecule has 1 atom stereocenters. The standard InChI is InChI=1S/C21H24ClN3O/c1-21(2)10-18(17-9-14(11-23)3-8-20(17)26-21)25-13-24-12-19(25)15-4-6-16(22)7-5-15/h3,8-9,12-13,15-16,18H,4-7,10H2,1-2H3/t15?,16?,18-/m0/s1. The van der Waals surface area contributed by atoms with Gasteiger partial charge in [-0.05, 0) is 57.7 Å². The Hall–Kier alpha value is -1.99. The van der Waals surface area contributed by atoms with Crippen LogP contribution in [0.2, 0.25) is 0 Å². The van der Waals surface area contributed by atoms with E-state index in [1.165, 1.54) is 5.69 Å². The number of nitrogens with zero attached hydrogens (tertiary/aromatic N) is 3. The van der Waals surface area contributed by atoms with Crippen molar-refractivity contribution in [3.63, 3.8) is 0 Å². The number of ether oxygens (including phenoxy) is 1. The lowest BCUT2D eigenvalue weighted by Gasteiger charge is -2.39. The molecule has 1 fully saturated rings. The van der Waals surface area contributed by atoms with Crippen LogP contribution in [0.1, 0.15) is 74.7 Å². The van der Waals surface area contributed by atoms with Crippen molar-refractivity contribution >= 4 is 11.6 Å². The first-order valence-corrected chi connectivity index (χ1v) is 9.79. The first-order chi connectivity index (χ1) is 12.5. The second kappa shape index (κ2) is 6.63. The third-order valence-corrected chi connectivity index (χ3v) is 6.11. The molecule has 2 aliphatic rings. The summed E-state index contributed by atoms with van der Waals surface area (Å²) < 4.78 is 8.49. The molecule has 0 saturated heterocycles. The molecule has 0 spiro atoms. The van der Waals surface area contributed by atoms with Crippen LogP contribution in [0.4, 0.5) is 0 Å². The van der Waals surface area contributed by atoms with E-state index in [-0.39, 0.29) is 11.6 Å². The molecule has 0 unspecified atom stereocenters. The molecule has 4 nitrogen and oxygen atoms in total. The SMILES string of the molecule is CC1(C)C[C@H](n2cncc2C2CCC(Cl)CC2)c2cc(C#N)ccc2O1. The van der Waals surface area contributed by atoms with Crippen molar-refractivity contribution in [1.29, 1.82) is 5.26 Å². The number of benzene rings is 1. The fourth-order valence-electron chi connectivity index (χ4n) is 4.37. The zero-order valence-corrected chi connectivity index (χ0v) is 16.0. The molecule has 1 aromatic heterocycles. The van der Waals surface area contributed by atoms with Crippen LogP contribution in [0.25, 0.3) is 0 Å². The third kappa shape index (κ3) is 3.21. The number of hydrogen-bond acceptors (Lipinski definition) is 3. The van der Waals surface area contributed by atoms with Crippen LogP contribution < -0.4 is 4.74 Å². The summed E-state index contributed by atoms with van der Waals surface area (Å²) in [7, 11) is 0. The first-order valence-electron chi connectivity index (χ1n) is 9.36. The predicted molar refractivity (Wildman–Crippen MR) is 102 cm³/mol. The van der Waals surface area contributed by atoms with Crippen molar-refractivity contribution < 1.29 is 4.74 Å². The quantitative estimate of drug-likeness (QED) is 0.686. The molecule has 1 aliphatic heterocycles. The summed E-state index contributed by atoms with van der Waals surface area (Å²) in [5.41, 5.74) is 2.76. The molecule has 0 bridgehead atoms. The van der Waals surface area contributed by atoms with Crippen LogP contribution in [0.15, 0.2) is 30.7 Å². The Balaban J connectivity index is 1.75. The summed E-state index contributed by atoms with van der Waals surface area (Å²) in [6.07, 6.45) is 9.14. The van der Waals surface area contributed by atoms with Crippen LogP contribution in [0.5, 0.6) is 5.75 Å². The van der Waals surface area contributed by atoms with Crippen LogP contribution in [-0.2, 0) is 0 Å². The Morgan fingerprint density at radius 3 is 2.77 bits per heavy atom. The lowest BCUT2D eigenvalue weighted by Crippen LogP contribution is -2.37. The monoisotopic (exact) mass is 369 g/mol. The highest BCUT2D eigenvalue weighted by Crippen LogP contribution is 2.44. The minimum absolute atomic E-state index is 0.133. The first kappa shape index (κ1) is 17.4. The zero-order valence-electron chi connectivity index (χ0n) is 15.3. The molecule has 5 heteroatoms. The van der Waals surface area contributed by atoms with Gasteiger partial charge < -0.3 is 9.30 Å². The van der Waals surface area contributed by atoms with Gasteiger partial charge in [-0.15, -0.1) is 11.6 Å². The van der Waals surface area contributed by atoms with E-state index in [1.807, 2.05) is 30.7 Å². The Labute approximate surface area is 159 Å². The molecule has 2 heterocycles. The zero-order chi connectivity index (χ0) is 18.3. The number of imidazole rings is 1. The summed E-state index contributed by atoms with van der Waals surface area (Å²) in [4.78, 5) is 4.48. The Bertz CT molecular complexity index is 843. The summed E-state index contributed by atoms with van der Waals surface area (Å²) >= 11 is 6.30. The van der Waals surface area contributed by atoms with Gasteiger partial charge in [-0.1, -0.05) is 0 Å². The summed E-state index contributed by atoms with van der Waals surface area (Å²) in [6.45, 7) is 4.24. The van der Waals surface area contributed by atoms with Gasteiger partial charge in [-0.25, -0.2) is 4.98 Å². The molecule has 1 aliphatic carbocycles. The van der Waals surface area contributed by atoms with Crippen LogP contribution in [0.3, 0.4) is 0 Å². The molecule has 26 heavy (non-hydrogen) atoms. The van der Waals surface area contributed by atoms with Gasteiger partial charge in [0, 0.05) is 35.2 Å². The molecule has 136 valence electrons. The fraction of sp³-hybridized carbons (Fsp3) is 0.524. The second-order valence-electron chi connectivity index (χ2n) is 8.12. The normalized spacial score (nSPS) is 27.2. The van der Waals surface area contributed by atoms with Gasteiger partial charge in [-0.2, -0.15) is 5.26 Å². The van der Waals surface area contributed by atoms with Crippen molar-refractivity contribution in [2.75, 3.05) is 0 Å². The van der Waals surface area contributed by atoms with Gasteiger partial charge >= 0.3 is 0 Å². The average Bonchev–Trinajstić information content (AvgIpc) is 3.10. The van der Waals surface area contributed by atoms with E-state index in [2.05, 4.69) is 29.5 Å². The van der Waals surface area contributed by atoms with Crippen molar-refractivity contribution in [3.05, 3.63) is 47.5 Å². The topological polar surface area (TPSA) is 50.8 Å². The largest absolute Gasteiger partial charge is 0.487 e. The highest BCUT2D eigenvalue weighted by molar-refractivity contribution is 6.20. The highest BCUT2D eigenvalue weighted by atomic mass is 35.5. The van der Waals surface area contributed by atoms with Crippen molar-refractivity contribution in [1.82, 2.24) is 9.55 Å². The van der Waals surface area contributed by atoms with Crippen LogP contribution in [0, 0.1) is 11.3 Å². The lowest BCUT2D eigenvalue weighted by molar-refractivity contribution is 0.0663. The molecular formula is C21H24ClN3O. The fourth-order valence-corrected chi connectivity index (χ4v) is 4.63. The van der Waals surface area contributed by atoms with Crippen LogP contribution >= 0.6 is 11.6 Å². The van der Waals surface area contributed by atoms with Gasteiger partial charge in [0.15, 0.2) is 0 Å². The molecule has 4 rings (SSSR count). The number of hydrogen-bond donors (Lipinski definition) is 0. The number of fused-ring (bicyclic) bond motifs is 1. The maximum Gasteiger partial charge on any atom is 0.125 e. The molecule has 0 radical (unpaired) electrons. The summed E-state index contributed by atoms with van der Waals surface area (Å²) in [5.74, 6) is 1.37.